The molecule has 0 saturated carbocycles. The number of hydrogen-bond donors (Lipinski definition) is 1. The summed E-state index contributed by atoms with van der Waals surface area (Å²) in [6, 6.07) is 16.0. The molecule has 1 fully saturated rings. The molecule has 1 amide bonds. The quantitative estimate of drug-likeness (QED) is 0.317. The number of aromatic nitrogens is 1. The van der Waals surface area contributed by atoms with Crippen LogP contribution in [0.2, 0.25) is 0 Å². The van der Waals surface area contributed by atoms with Crippen LogP contribution in [0.4, 0.5) is 27.6 Å². The normalized spacial score (nSPS) is 15.3. The van der Waals surface area contributed by atoms with Crippen molar-refractivity contribution in [3.05, 3.63) is 101 Å². The predicted molar refractivity (Wildman–Crippen MR) is 131 cm³/mol. The van der Waals surface area contributed by atoms with Crippen LogP contribution in [-0.4, -0.2) is 42.0 Å². The maximum Gasteiger partial charge on any atom is 0.416 e. The van der Waals surface area contributed by atoms with E-state index in [9.17, 15) is 26.7 Å². The molecule has 5 rings (SSSR count). The fourth-order valence-electron chi connectivity index (χ4n) is 4.95. The lowest BCUT2D eigenvalue weighted by molar-refractivity contribution is -0.137. The third-order valence-electron chi connectivity index (χ3n) is 6.88. The van der Waals surface area contributed by atoms with Crippen molar-refractivity contribution >= 4 is 22.5 Å². The van der Waals surface area contributed by atoms with E-state index in [2.05, 4.69) is 4.98 Å². The van der Waals surface area contributed by atoms with Crippen molar-refractivity contribution in [2.45, 2.75) is 18.5 Å². The molecule has 1 aromatic heterocycles. The number of carbonyl (C=O) groups excluding carboxylic acids is 1. The van der Waals surface area contributed by atoms with E-state index < -0.39 is 29.3 Å². The molecule has 37 heavy (non-hydrogen) atoms. The van der Waals surface area contributed by atoms with E-state index >= 15 is 0 Å². The van der Waals surface area contributed by atoms with E-state index in [1.54, 1.807) is 17.2 Å². The largest absolute Gasteiger partial charge is 0.416 e. The summed E-state index contributed by atoms with van der Waals surface area (Å²) in [6.45, 7) is 1.38. The minimum atomic E-state index is -4.43. The summed E-state index contributed by atoms with van der Waals surface area (Å²) in [7, 11) is 0. The Labute approximate surface area is 210 Å². The van der Waals surface area contributed by atoms with Crippen LogP contribution in [-0.2, 0) is 11.0 Å². The number of para-hydroxylation sites is 1. The van der Waals surface area contributed by atoms with Crippen LogP contribution >= 0.6 is 0 Å². The highest BCUT2D eigenvalue weighted by Crippen LogP contribution is 2.36. The average molecular weight is 514 g/mol. The van der Waals surface area contributed by atoms with Gasteiger partial charge in [-0.2, -0.15) is 13.2 Å². The summed E-state index contributed by atoms with van der Waals surface area (Å²) in [5.74, 6) is -2.28. The second-order valence-electron chi connectivity index (χ2n) is 9.13. The Kier molecular flexibility index (Phi) is 6.62. The third kappa shape index (κ3) is 5.16. The summed E-state index contributed by atoms with van der Waals surface area (Å²) in [6.07, 6.45) is -2.72. The third-order valence-corrected chi connectivity index (χ3v) is 6.88. The number of rotatable bonds is 5. The summed E-state index contributed by atoms with van der Waals surface area (Å²) < 4.78 is 67.8. The molecule has 1 unspecified atom stereocenters. The number of H-pyrrole nitrogens is 1. The van der Waals surface area contributed by atoms with Crippen LogP contribution < -0.4 is 4.90 Å². The maximum absolute atomic E-state index is 14.9. The van der Waals surface area contributed by atoms with Gasteiger partial charge in [-0.05, 0) is 41.5 Å². The lowest BCUT2D eigenvalue weighted by atomic mass is 9.87. The summed E-state index contributed by atoms with van der Waals surface area (Å²) >= 11 is 0. The topological polar surface area (TPSA) is 39.3 Å². The average Bonchev–Trinajstić information content (AvgIpc) is 3.31. The van der Waals surface area contributed by atoms with Gasteiger partial charge in [0.05, 0.1) is 5.56 Å². The Bertz CT molecular complexity index is 1420. The van der Waals surface area contributed by atoms with Crippen LogP contribution in [0.25, 0.3) is 10.9 Å². The van der Waals surface area contributed by atoms with Crippen LogP contribution in [0.15, 0.2) is 72.9 Å². The molecule has 0 aliphatic carbocycles. The first-order valence-electron chi connectivity index (χ1n) is 11.9. The van der Waals surface area contributed by atoms with E-state index in [0.717, 1.165) is 34.7 Å². The fourth-order valence-corrected chi connectivity index (χ4v) is 4.95. The molecule has 2 heterocycles. The molecule has 4 nitrogen and oxygen atoms in total. The zero-order valence-electron chi connectivity index (χ0n) is 19.7. The molecule has 0 radical (unpaired) electrons. The fraction of sp³-hybridized carbons (Fsp3) is 0.250. The molecule has 3 aromatic carbocycles. The Morgan fingerprint density at radius 3 is 2.38 bits per heavy atom. The molecule has 1 N–H and O–H groups in total. The van der Waals surface area contributed by atoms with Crippen LogP contribution in [0.1, 0.15) is 29.0 Å². The molecule has 9 heteroatoms. The predicted octanol–water partition coefficient (Wildman–Crippen LogP) is 6.34. The zero-order valence-corrected chi connectivity index (χ0v) is 19.7. The molecule has 0 spiro atoms. The van der Waals surface area contributed by atoms with Crippen molar-refractivity contribution in [3.8, 4) is 0 Å². The van der Waals surface area contributed by atoms with Crippen molar-refractivity contribution in [2.75, 3.05) is 31.1 Å². The number of aromatic amines is 1. The number of alkyl halides is 3. The van der Waals surface area contributed by atoms with Crippen LogP contribution in [0, 0.1) is 11.6 Å². The molecular weight excluding hydrogens is 489 g/mol. The monoisotopic (exact) mass is 513 g/mol. The lowest BCUT2D eigenvalue weighted by Crippen LogP contribution is -2.49. The lowest BCUT2D eigenvalue weighted by Gasteiger charge is -2.37. The summed E-state index contributed by atoms with van der Waals surface area (Å²) in [5.41, 5.74) is 1.53. The Morgan fingerprint density at radius 2 is 1.65 bits per heavy atom. The van der Waals surface area contributed by atoms with Gasteiger partial charge in [0.2, 0.25) is 5.91 Å². The molecule has 192 valence electrons. The SMILES string of the molecule is O=C(CC(c1ccc(F)cc1F)c1c[nH]c2ccccc12)N1CCN(c2cccc(C(F)(F)F)c2)CC1. The first kappa shape index (κ1) is 24.8. The number of piperazine rings is 1. The number of amides is 1. The molecule has 1 saturated heterocycles. The standard InChI is InChI=1S/C28H24F5N3O/c29-19-8-9-21(25(30)15-19)23(24-17-34-26-7-2-1-6-22(24)26)16-27(37)36-12-10-35(11-13-36)20-5-3-4-18(14-20)28(31,32)33/h1-9,14-15,17,23,34H,10-13,16H2. The van der Waals surface area contributed by atoms with Gasteiger partial charge >= 0.3 is 6.18 Å². The number of halogens is 5. The summed E-state index contributed by atoms with van der Waals surface area (Å²) in [4.78, 5) is 20.0. The van der Waals surface area contributed by atoms with Gasteiger partial charge in [0, 0.05) is 67.4 Å². The van der Waals surface area contributed by atoms with Gasteiger partial charge in [-0.3, -0.25) is 4.79 Å². The molecule has 1 aliphatic rings. The number of hydrogen-bond acceptors (Lipinski definition) is 2. The highest BCUT2D eigenvalue weighted by molar-refractivity contribution is 5.86. The van der Waals surface area contributed by atoms with E-state index in [1.165, 1.54) is 18.2 Å². The van der Waals surface area contributed by atoms with E-state index in [0.29, 0.717) is 31.9 Å². The van der Waals surface area contributed by atoms with Gasteiger partial charge in [-0.15, -0.1) is 0 Å². The van der Waals surface area contributed by atoms with Crippen molar-refractivity contribution in [1.29, 1.82) is 0 Å². The van der Waals surface area contributed by atoms with Crippen molar-refractivity contribution in [3.63, 3.8) is 0 Å². The Hall–Kier alpha value is -3.88. The van der Waals surface area contributed by atoms with Crippen molar-refractivity contribution < 1.29 is 26.7 Å². The molecular formula is C28H24F5N3O. The highest BCUT2D eigenvalue weighted by atomic mass is 19.4. The number of fused-ring (bicyclic) bond motifs is 1. The molecule has 0 bridgehead atoms. The van der Waals surface area contributed by atoms with Crippen molar-refractivity contribution in [1.82, 2.24) is 9.88 Å². The smallest absolute Gasteiger partial charge is 0.368 e. The number of anilines is 1. The van der Waals surface area contributed by atoms with Gasteiger partial charge in [-0.25, -0.2) is 8.78 Å². The Morgan fingerprint density at radius 1 is 0.892 bits per heavy atom. The van der Waals surface area contributed by atoms with Crippen LogP contribution in [0.3, 0.4) is 0 Å². The van der Waals surface area contributed by atoms with Gasteiger partial charge in [-0.1, -0.05) is 30.3 Å². The molecule has 1 atom stereocenters. The number of nitrogens with one attached hydrogen (secondary N) is 1. The number of nitrogens with zero attached hydrogens (tertiary/aromatic N) is 2. The number of benzene rings is 3. The molecule has 1 aliphatic heterocycles. The highest BCUT2D eigenvalue weighted by Gasteiger charge is 2.32. The van der Waals surface area contributed by atoms with E-state index in [-0.39, 0.29) is 17.9 Å². The van der Waals surface area contributed by atoms with E-state index in [1.807, 2.05) is 29.2 Å². The van der Waals surface area contributed by atoms with Gasteiger partial charge < -0.3 is 14.8 Å². The molecule has 4 aromatic rings. The second kappa shape index (κ2) is 9.88. The van der Waals surface area contributed by atoms with Crippen LogP contribution in [0.5, 0.6) is 0 Å². The van der Waals surface area contributed by atoms with Crippen molar-refractivity contribution in [2.24, 2.45) is 0 Å². The first-order valence-corrected chi connectivity index (χ1v) is 11.9. The maximum atomic E-state index is 14.9. The number of carbonyl (C=O) groups is 1. The zero-order chi connectivity index (χ0) is 26.2. The van der Waals surface area contributed by atoms with Gasteiger partial charge in [0.15, 0.2) is 0 Å². The summed E-state index contributed by atoms with van der Waals surface area (Å²) in [5, 5.41) is 0.846. The van der Waals surface area contributed by atoms with Gasteiger partial charge in [0.1, 0.15) is 11.6 Å². The Balaban J connectivity index is 1.35. The minimum absolute atomic E-state index is 0.0338. The minimum Gasteiger partial charge on any atom is -0.368 e. The first-order chi connectivity index (χ1) is 17.7. The van der Waals surface area contributed by atoms with E-state index in [4.69, 9.17) is 0 Å². The van der Waals surface area contributed by atoms with Gasteiger partial charge in [0.25, 0.3) is 0 Å². The second-order valence-corrected chi connectivity index (χ2v) is 9.13.